The molecule has 0 atom stereocenters. The molecule has 0 aliphatic carbocycles. The highest BCUT2D eigenvalue weighted by molar-refractivity contribution is 8.76. The third-order valence-corrected chi connectivity index (χ3v) is 7.82. The van der Waals surface area contributed by atoms with E-state index in [-0.39, 0.29) is 0 Å². The highest BCUT2D eigenvalue weighted by Gasteiger charge is 2.03. The lowest BCUT2D eigenvalue weighted by atomic mass is 10.2. The summed E-state index contributed by atoms with van der Waals surface area (Å²) in [6.07, 6.45) is 9.69. The predicted molar refractivity (Wildman–Crippen MR) is 132 cm³/mol. The van der Waals surface area contributed by atoms with Crippen molar-refractivity contribution in [3.05, 3.63) is 60.2 Å². The van der Waals surface area contributed by atoms with Gasteiger partial charge in [-0.25, -0.2) is 9.97 Å². The average molecular weight is 439 g/mol. The van der Waals surface area contributed by atoms with Crippen molar-refractivity contribution in [2.75, 3.05) is 11.5 Å². The first-order valence-corrected chi connectivity index (χ1v) is 13.5. The fourth-order valence-electron chi connectivity index (χ4n) is 3.63. The van der Waals surface area contributed by atoms with Crippen molar-refractivity contribution in [2.24, 2.45) is 0 Å². The maximum Gasteiger partial charge on any atom is 0.107 e. The van der Waals surface area contributed by atoms with Crippen LogP contribution in [0.15, 0.2) is 48.5 Å². The van der Waals surface area contributed by atoms with Crippen LogP contribution < -0.4 is 0 Å². The summed E-state index contributed by atoms with van der Waals surface area (Å²) in [4.78, 5) is 16.2. The number of nitrogens with zero attached hydrogens (tertiary/aromatic N) is 2. The zero-order valence-corrected chi connectivity index (χ0v) is 19.0. The van der Waals surface area contributed by atoms with Gasteiger partial charge in [0.05, 0.1) is 22.1 Å². The van der Waals surface area contributed by atoms with Gasteiger partial charge in [-0.1, -0.05) is 58.7 Å². The first kappa shape index (κ1) is 21.3. The fourth-order valence-corrected chi connectivity index (χ4v) is 5.92. The van der Waals surface area contributed by atoms with Crippen LogP contribution in [0.2, 0.25) is 0 Å². The molecule has 0 bridgehead atoms. The third kappa shape index (κ3) is 6.29. The van der Waals surface area contributed by atoms with E-state index in [0.717, 1.165) is 46.6 Å². The van der Waals surface area contributed by atoms with Gasteiger partial charge in [-0.3, -0.25) is 0 Å². The van der Waals surface area contributed by atoms with Gasteiger partial charge in [0.1, 0.15) is 11.6 Å². The molecule has 2 heterocycles. The van der Waals surface area contributed by atoms with Crippen molar-refractivity contribution in [2.45, 2.75) is 51.4 Å². The van der Waals surface area contributed by atoms with E-state index >= 15 is 0 Å². The number of aromatic amines is 2. The van der Waals surface area contributed by atoms with Crippen molar-refractivity contribution in [3.8, 4) is 0 Å². The summed E-state index contributed by atoms with van der Waals surface area (Å²) in [5.41, 5.74) is 4.46. The summed E-state index contributed by atoms with van der Waals surface area (Å²) in [5.74, 6) is 4.76. The molecular weight excluding hydrogens is 408 g/mol. The zero-order chi connectivity index (χ0) is 20.4. The lowest BCUT2D eigenvalue weighted by molar-refractivity contribution is 0.704. The molecule has 6 heteroatoms. The Kier molecular flexibility index (Phi) is 8.15. The van der Waals surface area contributed by atoms with Crippen LogP contribution >= 0.6 is 21.6 Å². The molecule has 4 nitrogen and oxygen atoms in total. The normalized spacial score (nSPS) is 11.6. The van der Waals surface area contributed by atoms with Crippen LogP contribution in [0.4, 0.5) is 0 Å². The van der Waals surface area contributed by atoms with E-state index in [1.807, 2.05) is 33.7 Å². The number of hydrogen-bond acceptors (Lipinski definition) is 4. The van der Waals surface area contributed by atoms with Crippen LogP contribution in [0.5, 0.6) is 0 Å². The van der Waals surface area contributed by atoms with Gasteiger partial charge >= 0.3 is 0 Å². The number of unbranched alkanes of at least 4 members (excludes halogenated alkanes) is 4. The number of imidazole rings is 2. The molecule has 4 rings (SSSR count). The number of fused-ring (bicyclic) bond motifs is 2. The Balaban J connectivity index is 0.974. The molecule has 4 aromatic rings. The fraction of sp³-hybridized carbons (Fsp3) is 0.417. The van der Waals surface area contributed by atoms with Gasteiger partial charge in [0, 0.05) is 24.3 Å². The van der Waals surface area contributed by atoms with Gasteiger partial charge in [-0.05, 0) is 49.9 Å². The molecule has 0 saturated heterocycles. The van der Waals surface area contributed by atoms with Gasteiger partial charge in [-0.2, -0.15) is 0 Å². The molecule has 0 saturated carbocycles. The lowest BCUT2D eigenvalue weighted by Crippen LogP contribution is -1.90. The maximum atomic E-state index is 4.65. The Labute approximate surface area is 186 Å². The minimum atomic E-state index is 1.05. The first-order chi connectivity index (χ1) is 14.9. The standard InChI is InChI=1S/C24H30N4S2/c1(3-15-23-25-19-11-5-6-12-20(19)26-23)9-17-29-30-18-10-2-4-16-24-27-21-13-7-8-14-22(21)28-24/h5-8,11-14H,1-4,9-10,15-18H2,(H,25,26)(H,27,28). The van der Waals surface area contributed by atoms with Crippen molar-refractivity contribution in [1.29, 1.82) is 0 Å². The summed E-state index contributed by atoms with van der Waals surface area (Å²) in [6, 6.07) is 16.5. The molecule has 0 radical (unpaired) electrons. The average Bonchev–Trinajstić information content (AvgIpc) is 3.37. The van der Waals surface area contributed by atoms with Crippen LogP contribution in [-0.4, -0.2) is 31.4 Å². The van der Waals surface area contributed by atoms with E-state index in [9.17, 15) is 0 Å². The molecule has 0 aliphatic heterocycles. The summed E-state index contributed by atoms with van der Waals surface area (Å²) in [5, 5.41) is 0. The Hall–Kier alpha value is -1.92. The molecule has 0 fully saturated rings. The van der Waals surface area contributed by atoms with Gasteiger partial charge < -0.3 is 9.97 Å². The third-order valence-electron chi connectivity index (χ3n) is 5.24. The highest BCUT2D eigenvalue weighted by atomic mass is 33.1. The number of H-pyrrole nitrogens is 2. The number of rotatable bonds is 13. The SMILES string of the molecule is c1ccc2[nH]c(CCCCCSSCCCCCc3nc4ccccc4[nH]3)nc2c1. The number of aryl methyl sites for hydroxylation is 2. The molecule has 2 N–H and O–H groups in total. The summed E-state index contributed by atoms with van der Waals surface area (Å²) < 4.78 is 0. The van der Waals surface area contributed by atoms with Crippen molar-refractivity contribution < 1.29 is 0 Å². The van der Waals surface area contributed by atoms with Crippen molar-refractivity contribution in [3.63, 3.8) is 0 Å². The predicted octanol–water partition coefficient (Wildman–Crippen LogP) is 6.95. The number of hydrogen-bond donors (Lipinski definition) is 2. The van der Waals surface area contributed by atoms with E-state index in [4.69, 9.17) is 0 Å². The Morgan fingerprint density at radius 2 is 1.03 bits per heavy atom. The second-order valence-electron chi connectivity index (χ2n) is 7.67. The van der Waals surface area contributed by atoms with Crippen LogP contribution in [0.25, 0.3) is 22.1 Å². The zero-order valence-electron chi connectivity index (χ0n) is 17.4. The Bertz CT molecular complexity index is 890. The number of nitrogens with one attached hydrogen (secondary N) is 2. The molecule has 158 valence electrons. The molecule has 30 heavy (non-hydrogen) atoms. The number of benzene rings is 2. The smallest absolute Gasteiger partial charge is 0.107 e. The van der Waals surface area contributed by atoms with Gasteiger partial charge in [0.25, 0.3) is 0 Å². The molecule has 0 aliphatic rings. The molecule has 0 spiro atoms. The lowest BCUT2D eigenvalue weighted by Gasteiger charge is -2.02. The molecule has 0 unspecified atom stereocenters. The highest BCUT2D eigenvalue weighted by Crippen LogP contribution is 2.24. The van der Waals surface area contributed by atoms with E-state index in [0.29, 0.717) is 0 Å². The summed E-state index contributed by atoms with van der Waals surface area (Å²) >= 11 is 0. The van der Waals surface area contributed by atoms with Crippen LogP contribution in [0.3, 0.4) is 0 Å². The second kappa shape index (κ2) is 11.5. The van der Waals surface area contributed by atoms with E-state index < -0.39 is 0 Å². The van der Waals surface area contributed by atoms with Gasteiger partial charge in [-0.15, -0.1) is 0 Å². The topological polar surface area (TPSA) is 57.4 Å². The first-order valence-electron chi connectivity index (χ1n) is 11.0. The largest absolute Gasteiger partial charge is 0.342 e. The second-order valence-corrected chi connectivity index (χ2v) is 10.4. The van der Waals surface area contributed by atoms with Gasteiger partial charge in [0.2, 0.25) is 0 Å². The molecule has 2 aromatic carbocycles. The minimum Gasteiger partial charge on any atom is -0.342 e. The molecule has 0 amide bonds. The summed E-state index contributed by atoms with van der Waals surface area (Å²) in [6.45, 7) is 0. The van der Waals surface area contributed by atoms with Crippen LogP contribution in [0.1, 0.15) is 50.2 Å². The summed E-state index contributed by atoms with van der Waals surface area (Å²) in [7, 11) is 4.07. The van der Waals surface area contributed by atoms with E-state index in [1.165, 1.54) is 50.0 Å². The van der Waals surface area contributed by atoms with Crippen LogP contribution in [-0.2, 0) is 12.8 Å². The molecule has 2 aromatic heterocycles. The van der Waals surface area contributed by atoms with E-state index in [1.54, 1.807) is 0 Å². The van der Waals surface area contributed by atoms with Gasteiger partial charge in [0.15, 0.2) is 0 Å². The Morgan fingerprint density at radius 3 is 1.50 bits per heavy atom. The van der Waals surface area contributed by atoms with Crippen molar-refractivity contribution in [1.82, 2.24) is 19.9 Å². The minimum absolute atomic E-state index is 1.05. The van der Waals surface area contributed by atoms with Crippen LogP contribution in [0, 0.1) is 0 Å². The Morgan fingerprint density at radius 1 is 0.567 bits per heavy atom. The number of aromatic nitrogens is 4. The monoisotopic (exact) mass is 438 g/mol. The van der Waals surface area contributed by atoms with E-state index in [2.05, 4.69) is 56.3 Å². The number of para-hydroxylation sites is 4. The maximum absolute atomic E-state index is 4.65. The van der Waals surface area contributed by atoms with Crippen molar-refractivity contribution >= 4 is 43.7 Å². The molecular formula is C24H30N4S2. The quantitative estimate of drug-likeness (QED) is 0.175.